The molecule has 1 unspecified atom stereocenters. The Morgan fingerprint density at radius 2 is 2.39 bits per heavy atom. The lowest BCUT2D eigenvalue weighted by molar-refractivity contribution is 0.373. The van der Waals surface area contributed by atoms with E-state index in [4.69, 9.17) is 0 Å². The predicted octanol–water partition coefficient (Wildman–Crippen LogP) is 2.40. The highest BCUT2D eigenvalue weighted by molar-refractivity contribution is 7.13. The van der Waals surface area contributed by atoms with Crippen molar-refractivity contribution in [3.05, 3.63) is 40.9 Å². The molecule has 1 aliphatic rings. The number of nitrogens with one attached hydrogen (secondary N) is 2. The van der Waals surface area contributed by atoms with Gasteiger partial charge in [0.15, 0.2) is 0 Å². The van der Waals surface area contributed by atoms with E-state index in [1.807, 2.05) is 6.20 Å². The topological polar surface area (TPSA) is 71.4 Å². The van der Waals surface area contributed by atoms with E-state index < -0.39 is 0 Å². The summed E-state index contributed by atoms with van der Waals surface area (Å²) in [5, 5.41) is 21.7. The van der Waals surface area contributed by atoms with E-state index in [0.29, 0.717) is 6.04 Å². The molecule has 23 heavy (non-hydrogen) atoms. The SMILES string of the molecule is CCc1nnc2n1CC(NCc1cn[nH]c1-c1cccs1)CC2. The lowest BCUT2D eigenvalue weighted by Crippen LogP contribution is -2.37. The molecule has 0 amide bonds. The number of nitrogens with zero attached hydrogens (tertiary/aromatic N) is 4. The first kappa shape index (κ1) is 14.6. The van der Waals surface area contributed by atoms with E-state index in [0.717, 1.165) is 49.7 Å². The van der Waals surface area contributed by atoms with Gasteiger partial charge in [-0.25, -0.2) is 0 Å². The summed E-state index contributed by atoms with van der Waals surface area (Å²) >= 11 is 1.73. The minimum atomic E-state index is 0.454. The quantitative estimate of drug-likeness (QED) is 0.754. The van der Waals surface area contributed by atoms with Gasteiger partial charge < -0.3 is 9.88 Å². The number of aromatic amines is 1. The molecule has 0 aromatic carbocycles. The van der Waals surface area contributed by atoms with Crippen LogP contribution in [-0.2, 0) is 25.9 Å². The maximum Gasteiger partial charge on any atom is 0.133 e. The highest BCUT2D eigenvalue weighted by atomic mass is 32.1. The fraction of sp³-hybridized carbons (Fsp3) is 0.438. The van der Waals surface area contributed by atoms with Crippen LogP contribution >= 0.6 is 11.3 Å². The van der Waals surface area contributed by atoms with Gasteiger partial charge in [-0.15, -0.1) is 21.5 Å². The second-order valence-corrected chi connectivity index (χ2v) is 6.81. The van der Waals surface area contributed by atoms with Crippen LogP contribution in [0.4, 0.5) is 0 Å². The Kier molecular flexibility index (Phi) is 3.97. The number of fused-ring (bicyclic) bond motifs is 1. The molecule has 0 radical (unpaired) electrons. The lowest BCUT2D eigenvalue weighted by atomic mass is 10.1. The van der Waals surface area contributed by atoms with Crippen LogP contribution in [0.1, 0.15) is 30.6 Å². The molecule has 0 spiro atoms. The molecule has 0 bridgehead atoms. The Bertz CT molecular complexity index is 759. The van der Waals surface area contributed by atoms with E-state index in [9.17, 15) is 0 Å². The monoisotopic (exact) mass is 328 g/mol. The van der Waals surface area contributed by atoms with Gasteiger partial charge in [0.25, 0.3) is 0 Å². The second-order valence-electron chi connectivity index (χ2n) is 5.86. The van der Waals surface area contributed by atoms with Crippen LogP contribution in [0.5, 0.6) is 0 Å². The van der Waals surface area contributed by atoms with Crippen molar-refractivity contribution in [2.45, 2.75) is 45.3 Å². The first-order valence-corrected chi connectivity index (χ1v) is 8.93. The van der Waals surface area contributed by atoms with Gasteiger partial charge in [-0.2, -0.15) is 5.10 Å². The zero-order chi connectivity index (χ0) is 15.6. The van der Waals surface area contributed by atoms with Gasteiger partial charge in [-0.3, -0.25) is 5.10 Å². The van der Waals surface area contributed by atoms with E-state index in [2.05, 4.69) is 54.7 Å². The smallest absolute Gasteiger partial charge is 0.133 e. The van der Waals surface area contributed by atoms with E-state index in [1.165, 1.54) is 10.4 Å². The van der Waals surface area contributed by atoms with Crippen LogP contribution in [0, 0.1) is 0 Å². The highest BCUT2D eigenvalue weighted by Crippen LogP contribution is 2.26. The molecule has 6 nitrogen and oxygen atoms in total. The molecular weight excluding hydrogens is 308 g/mol. The number of thiophene rings is 1. The maximum absolute atomic E-state index is 4.29. The second kappa shape index (κ2) is 6.25. The van der Waals surface area contributed by atoms with Crippen molar-refractivity contribution < 1.29 is 0 Å². The average Bonchev–Trinajstić information content (AvgIpc) is 3.31. The van der Waals surface area contributed by atoms with Crippen molar-refractivity contribution in [3.63, 3.8) is 0 Å². The molecule has 0 fully saturated rings. The molecule has 1 aliphatic heterocycles. The minimum Gasteiger partial charge on any atom is -0.313 e. The van der Waals surface area contributed by atoms with Crippen molar-refractivity contribution in [3.8, 4) is 10.6 Å². The number of hydrogen-bond acceptors (Lipinski definition) is 5. The van der Waals surface area contributed by atoms with Crippen LogP contribution in [0.3, 0.4) is 0 Å². The van der Waals surface area contributed by atoms with E-state index in [1.54, 1.807) is 11.3 Å². The first-order chi connectivity index (χ1) is 11.3. The highest BCUT2D eigenvalue weighted by Gasteiger charge is 2.22. The zero-order valence-corrected chi connectivity index (χ0v) is 13.9. The molecule has 0 saturated heterocycles. The molecule has 2 N–H and O–H groups in total. The molecule has 0 saturated carbocycles. The summed E-state index contributed by atoms with van der Waals surface area (Å²) in [5.74, 6) is 2.22. The molecule has 0 aliphatic carbocycles. The van der Waals surface area contributed by atoms with Crippen LogP contribution in [0.15, 0.2) is 23.7 Å². The average molecular weight is 328 g/mol. The first-order valence-electron chi connectivity index (χ1n) is 8.05. The third-order valence-corrected chi connectivity index (χ3v) is 5.29. The third-order valence-electron chi connectivity index (χ3n) is 4.41. The molecule has 3 aromatic heterocycles. The van der Waals surface area contributed by atoms with Gasteiger partial charge in [-0.1, -0.05) is 13.0 Å². The predicted molar refractivity (Wildman–Crippen MR) is 90.2 cm³/mol. The van der Waals surface area contributed by atoms with Gasteiger partial charge in [0.1, 0.15) is 11.6 Å². The fourth-order valence-corrected chi connectivity index (χ4v) is 3.90. The van der Waals surface area contributed by atoms with E-state index in [-0.39, 0.29) is 0 Å². The molecule has 3 aromatic rings. The molecule has 120 valence electrons. The summed E-state index contributed by atoms with van der Waals surface area (Å²) in [5.41, 5.74) is 2.35. The van der Waals surface area contributed by atoms with Gasteiger partial charge in [0, 0.05) is 37.5 Å². The Labute approximate surface area is 139 Å². The van der Waals surface area contributed by atoms with Crippen LogP contribution in [0.2, 0.25) is 0 Å². The van der Waals surface area contributed by atoms with Crippen LogP contribution in [-0.4, -0.2) is 31.0 Å². The standard InChI is InChI=1S/C16H20N6S/c1-2-14-19-20-15-6-5-12(10-22(14)15)17-8-11-9-18-21-16(11)13-4-3-7-23-13/h3-4,7,9,12,17H,2,5-6,8,10H2,1H3,(H,18,21). The number of aromatic nitrogens is 5. The largest absolute Gasteiger partial charge is 0.313 e. The van der Waals surface area contributed by atoms with Gasteiger partial charge in [0.2, 0.25) is 0 Å². The van der Waals surface area contributed by atoms with Crippen molar-refractivity contribution in [1.29, 1.82) is 0 Å². The minimum absolute atomic E-state index is 0.454. The number of H-pyrrole nitrogens is 1. The normalized spacial score (nSPS) is 17.3. The molecule has 7 heteroatoms. The Morgan fingerprint density at radius 3 is 3.22 bits per heavy atom. The fourth-order valence-electron chi connectivity index (χ4n) is 3.14. The summed E-state index contributed by atoms with van der Waals surface area (Å²) < 4.78 is 2.27. The van der Waals surface area contributed by atoms with Crippen molar-refractivity contribution >= 4 is 11.3 Å². The summed E-state index contributed by atoms with van der Waals surface area (Å²) in [7, 11) is 0. The van der Waals surface area contributed by atoms with Gasteiger partial charge in [-0.05, 0) is 17.9 Å². The lowest BCUT2D eigenvalue weighted by Gasteiger charge is -2.25. The number of rotatable bonds is 5. The molecule has 4 rings (SSSR count). The van der Waals surface area contributed by atoms with Crippen molar-refractivity contribution in [2.24, 2.45) is 0 Å². The third kappa shape index (κ3) is 2.82. The van der Waals surface area contributed by atoms with Crippen molar-refractivity contribution in [1.82, 2.24) is 30.3 Å². The summed E-state index contributed by atoms with van der Waals surface area (Å²) in [6.45, 7) is 3.91. The maximum atomic E-state index is 4.29. The van der Waals surface area contributed by atoms with Gasteiger partial charge in [0.05, 0.1) is 16.8 Å². The Hall–Kier alpha value is -1.99. The summed E-state index contributed by atoms with van der Waals surface area (Å²) in [6.07, 6.45) is 4.96. The van der Waals surface area contributed by atoms with Crippen LogP contribution in [0.25, 0.3) is 10.6 Å². The van der Waals surface area contributed by atoms with Crippen molar-refractivity contribution in [2.75, 3.05) is 0 Å². The molecular formula is C16H20N6S. The Balaban J connectivity index is 1.44. The molecule has 1 atom stereocenters. The van der Waals surface area contributed by atoms with Crippen LogP contribution < -0.4 is 5.32 Å². The summed E-state index contributed by atoms with van der Waals surface area (Å²) in [6, 6.07) is 4.65. The van der Waals surface area contributed by atoms with E-state index >= 15 is 0 Å². The Morgan fingerprint density at radius 1 is 1.43 bits per heavy atom. The van der Waals surface area contributed by atoms with Gasteiger partial charge >= 0.3 is 0 Å². The summed E-state index contributed by atoms with van der Waals surface area (Å²) in [4.78, 5) is 1.23. The number of hydrogen-bond donors (Lipinski definition) is 2. The zero-order valence-electron chi connectivity index (χ0n) is 13.1. The number of aryl methyl sites for hydroxylation is 2. The molecule has 4 heterocycles.